The molecule has 3 aromatic rings. The third kappa shape index (κ3) is 6.45. The van der Waals surface area contributed by atoms with Gasteiger partial charge in [-0.05, 0) is 55.7 Å². The van der Waals surface area contributed by atoms with E-state index >= 15 is 0 Å². The lowest BCUT2D eigenvalue weighted by molar-refractivity contribution is -0.138. The number of carboxylic acids is 1. The zero-order chi connectivity index (χ0) is 28.4. The van der Waals surface area contributed by atoms with Gasteiger partial charge in [0, 0.05) is 29.5 Å². The Kier molecular flexibility index (Phi) is 7.77. The van der Waals surface area contributed by atoms with Crippen LogP contribution in [0, 0.1) is 6.92 Å². The van der Waals surface area contributed by atoms with Gasteiger partial charge in [-0.3, -0.25) is 14.4 Å². The lowest BCUT2D eigenvalue weighted by atomic mass is 10.00. The summed E-state index contributed by atoms with van der Waals surface area (Å²) >= 11 is 5.64. The van der Waals surface area contributed by atoms with E-state index in [1.807, 2.05) is 0 Å². The Labute approximate surface area is 225 Å². The molecule has 4 rings (SSSR count). The van der Waals surface area contributed by atoms with Crippen LogP contribution < -0.4 is 16.0 Å². The molecular formula is C26H23ClF3N5O4. The van der Waals surface area contributed by atoms with E-state index in [1.165, 1.54) is 24.5 Å². The first kappa shape index (κ1) is 27.8. The zero-order valence-electron chi connectivity index (χ0n) is 20.5. The van der Waals surface area contributed by atoms with Crippen molar-refractivity contribution in [3.05, 3.63) is 76.2 Å². The number of anilines is 3. The molecule has 2 aromatic carbocycles. The molecular weight excluding hydrogens is 539 g/mol. The van der Waals surface area contributed by atoms with E-state index in [1.54, 1.807) is 19.1 Å². The van der Waals surface area contributed by atoms with Crippen molar-refractivity contribution in [1.29, 1.82) is 0 Å². The number of carbonyl (C=O) groups excluding carboxylic acids is 2. The summed E-state index contributed by atoms with van der Waals surface area (Å²) in [6, 6.07) is 9.21. The maximum absolute atomic E-state index is 13.3. The van der Waals surface area contributed by atoms with Gasteiger partial charge in [0.25, 0.3) is 5.91 Å². The molecule has 1 aliphatic carbocycles. The molecule has 1 saturated carbocycles. The van der Waals surface area contributed by atoms with Gasteiger partial charge in [-0.25, -0.2) is 9.97 Å². The van der Waals surface area contributed by atoms with Crippen molar-refractivity contribution in [2.24, 2.45) is 0 Å². The number of halogens is 4. The van der Waals surface area contributed by atoms with Crippen LogP contribution in [0.15, 0.2) is 48.8 Å². The third-order valence-electron chi connectivity index (χ3n) is 6.26. The zero-order valence-corrected chi connectivity index (χ0v) is 21.3. The number of carboxylic acid groups (broad SMARTS) is 1. The van der Waals surface area contributed by atoms with Crippen molar-refractivity contribution >= 4 is 46.6 Å². The molecule has 4 N–H and O–H groups in total. The van der Waals surface area contributed by atoms with Crippen LogP contribution in [0.3, 0.4) is 0 Å². The Bertz CT molecular complexity index is 1440. The first-order chi connectivity index (χ1) is 18.4. The highest BCUT2D eigenvalue weighted by atomic mass is 35.5. The van der Waals surface area contributed by atoms with Crippen molar-refractivity contribution in [3.63, 3.8) is 0 Å². The molecule has 1 fully saturated rings. The lowest BCUT2D eigenvalue weighted by Crippen LogP contribution is -2.29. The number of nitrogens with one attached hydrogen (secondary N) is 3. The Hall–Kier alpha value is -4.19. The van der Waals surface area contributed by atoms with Gasteiger partial charge in [0.1, 0.15) is 12.1 Å². The van der Waals surface area contributed by atoms with Crippen LogP contribution in [-0.2, 0) is 21.2 Å². The Morgan fingerprint density at radius 2 is 1.79 bits per heavy atom. The molecule has 39 heavy (non-hydrogen) atoms. The van der Waals surface area contributed by atoms with Crippen LogP contribution >= 0.6 is 11.6 Å². The summed E-state index contributed by atoms with van der Waals surface area (Å²) in [5.41, 5.74) is -0.442. The Morgan fingerprint density at radius 3 is 2.46 bits per heavy atom. The van der Waals surface area contributed by atoms with Gasteiger partial charge in [0.05, 0.1) is 28.1 Å². The highest BCUT2D eigenvalue weighted by Crippen LogP contribution is 2.48. The fourth-order valence-electron chi connectivity index (χ4n) is 3.90. The van der Waals surface area contributed by atoms with E-state index in [0.29, 0.717) is 35.6 Å². The standard InChI is InChI=1S/C26H23ClF3N5O4/c1-14-2-3-15(23(38)34-16-4-5-18(27)17(11-16)26(28,29)30)10-19(14)35-24(39)25(7-8-25)20-12-21(33-13-32-20)31-9-6-22(36)37/h2-5,10-13H,6-9H2,1H3,(H,34,38)(H,35,39)(H,36,37)(H,31,32,33). The SMILES string of the molecule is Cc1ccc(C(=O)Nc2ccc(Cl)c(C(F)(F)F)c2)cc1NC(=O)C1(c2cc(NCCC(=O)O)ncn2)CC1. The van der Waals surface area contributed by atoms with Crippen molar-refractivity contribution in [2.45, 2.75) is 37.8 Å². The molecule has 204 valence electrons. The van der Waals surface area contributed by atoms with Crippen molar-refractivity contribution in [2.75, 3.05) is 22.5 Å². The minimum absolute atomic E-state index is 0.0867. The van der Waals surface area contributed by atoms with Gasteiger partial charge in [-0.15, -0.1) is 0 Å². The molecule has 0 atom stereocenters. The normalized spacial score (nSPS) is 13.9. The monoisotopic (exact) mass is 561 g/mol. The number of aryl methyl sites for hydroxylation is 1. The maximum Gasteiger partial charge on any atom is 0.417 e. The Morgan fingerprint density at radius 1 is 1.05 bits per heavy atom. The van der Waals surface area contributed by atoms with Crippen molar-refractivity contribution in [1.82, 2.24) is 9.97 Å². The number of rotatable bonds is 9. The average molecular weight is 562 g/mol. The number of hydrogen-bond acceptors (Lipinski definition) is 6. The second-order valence-electron chi connectivity index (χ2n) is 9.07. The van der Waals surface area contributed by atoms with E-state index in [2.05, 4.69) is 25.9 Å². The van der Waals surface area contributed by atoms with Crippen LogP contribution in [-0.4, -0.2) is 39.4 Å². The van der Waals surface area contributed by atoms with E-state index in [-0.39, 0.29) is 30.1 Å². The Balaban J connectivity index is 1.49. The van der Waals surface area contributed by atoms with Crippen molar-refractivity contribution < 1.29 is 32.7 Å². The molecule has 0 bridgehead atoms. The number of aliphatic carboxylic acids is 1. The van der Waals surface area contributed by atoms with Crippen LogP contribution in [0.1, 0.15) is 46.4 Å². The first-order valence-corrected chi connectivity index (χ1v) is 12.2. The second-order valence-corrected chi connectivity index (χ2v) is 9.48. The molecule has 1 aromatic heterocycles. The van der Waals surface area contributed by atoms with Crippen LogP contribution in [0.5, 0.6) is 0 Å². The summed E-state index contributed by atoms with van der Waals surface area (Å²) in [5, 5.41) is 16.5. The smallest absolute Gasteiger partial charge is 0.417 e. The maximum atomic E-state index is 13.3. The first-order valence-electron chi connectivity index (χ1n) is 11.8. The van der Waals surface area contributed by atoms with Gasteiger partial charge in [0.2, 0.25) is 5.91 Å². The largest absolute Gasteiger partial charge is 0.481 e. The summed E-state index contributed by atoms with van der Waals surface area (Å²) in [4.78, 5) is 45.2. The number of hydrogen-bond donors (Lipinski definition) is 4. The number of aromatic nitrogens is 2. The molecule has 0 radical (unpaired) electrons. The highest BCUT2D eigenvalue weighted by molar-refractivity contribution is 6.31. The van der Waals surface area contributed by atoms with E-state index in [4.69, 9.17) is 16.7 Å². The summed E-state index contributed by atoms with van der Waals surface area (Å²) in [7, 11) is 0. The number of nitrogens with zero attached hydrogens (tertiary/aromatic N) is 2. The minimum Gasteiger partial charge on any atom is -0.481 e. The molecule has 13 heteroatoms. The van der Waals surface area contributed by atoms with E-state index in [9.17, 15) is 27.6 Å². The molecule has 0 saturated heterocycles. The fraction of sp³-hybridized carbons (Fsp3) is 0.269. The molecule has 1 aliphatic rings. The number of benzene rings is 2. The number of alkyl halides is 3. The summed E-state index contributed by atoms with van der Waals surface area (Å²) in [5.74, 6) is -1.58. The topological polar surface area (TPSA) is 133 Å². The molecule has 2 amide bonds. The van der Waals surface area contributed by atoms with Gasteiger partial charge in [-0.2, -0.15) is 13.2 Å². The molecule has 0 aliphatic heterocycles. The molecule has 0 spiro atoms. The highest BCUT2D eigenvalue weighted by Gasteiger charge is 2.53. The number of amides is 2. The van der Waals surface area contributed by atoms with Gasteiger partial charge in [-0.1, -0.05) is 17.7 Å². The third-order valence-corrected chi connectivity index (χ3v) is 6.59. The summed E-state index contributed by atoms with van der Waals surface area (Å²) in [6.45, 7) is 1.90. The van der Waals surface area contributed by atoms with E-state index in [0.717, 1.165) is 12.1 Å². The van der Waals surface area contributed by atoms with Gasteiger partial charge in [0.15, 0.2) is 0 Å². The quantitative estimate of drug-likeness (QED) is 0.280. The van der Waals surface area contributed by atoms with Crippen LogP contribution in [0.25, 0.3) is 0 Å². The number of carbonyl (C=O) groups is 3. The average Bonchev–Trinajstić information content (AvgIpc) is 3.68. The molecule has 1 heterocycles. The van der Waals surface area contributed by atoms with Crippen LogP contribution in [0.2, 0.25) is 5.02 Å². The minimum atomic E-state index is -4.68. The predicted molar refractivity (Wildman–Crippen MR) is 138 cm³/mol. The molecule has 9 nitrogen and oxygen atoms in total. The lowest BCUT2D eigenvalue weighted by Gasteiger charge is -2.17. The summed E-state index contributed by atoms with van der Waals surface area (Å²) in [6.07, 6.45) is -2.43. The van der Waals surface area contributed by atoms with Gasteiger partial charge >= 0.3 is 12.1 Å². The van der Waals surface area contributed by atoms with E-state index < -0.39 is 34.1 Å². The second kappa shape index (κ2) is 10.9. The van der Waals surface area contributed by atoms with Gasteiger partial charge < -0.3 is 21.1 Å². The fourth-order valence-corrected chi connectivity index (χ4v) is 4.13. The summed E-state index contributed by atoms with van der Waals surface area (Å²) < 4.78 is 39.5. The molecule has 0 unspecified atom stereocenters. The predicted octanol–water partition coefficient (Wildman–Crippen LogP) is 5.27. The van der Waals surface area contributed by atoms with Crippen LogP contribution in [0.4, 0.5) is 30.4 Å². The van der Waals surface area contributed by atoms with Crippen molar-refractivity contribution in [3.8, 4) is 0 Å².